The number of nitrogens with two attached hydrogens (primary N) is 1. The lowest BCUT2D eigenvalue weighted by Gasteiger charge is -2.07. The second-order valence-corrected chi connectivity index (χ2v) is 6.54. The standard InChI is InChI=1S/C13H21N3O3S/c1-2-3-7-15-8-9-20(18,19)12-6-4-5-11(10-12)13(14)16-17/h4-6,10,15,17H,2-3,7-9H2,1H3,(H2,14,16). The highest BCUT2D eigenvalue weighted by atomic mass is 32.2. The summed E-state index contributed by atoms with van der Waals surface area (Å²) in [5.41, 5.74) is 5.84. The van der Waals surface area contributed by atoms with Gasteiger partial charge in [0.1, 0.15) is 0 Å². The van der Waals surface area contributed by atoms with Gasteiger partial charge in [-0.1, -0.05) is 30.6 Å². The van der Waals surface area contributed by atoms with Crippen molar-refractivity contribution in [1.29, 1.82) is 0 Å². The second kappa shape index (κ2) is 7.86. The van der Waals surface area contributed by atoms with Crippen LogP contribution in [-0.2, 0) is 9.84 Å². The minimum absolute atomic E-state index is 0.0241. The molecule has 0 amide bonds. The fourth-order valence-electron chi connectivity index (χ4n) is 1.66. The normalized spacial score (nSPS) is 12.6. The molecule has 0 aliphatic heterocycles. The van der Waals surface area contributed by atoms with Crippen molar-refractivity contribution in [2.75, 3.05) is 18.8 Å². The summed E-state index contributed by atoms with van der Waals surface area (Å²) < 4.78 is 24.3. The van der Waals surface area contributed by atoms with Crippen molar-refractivity contribution in [2.45, 2.75) is 24.7 Å². The molecule has 1 aromatic rings. The first kappa shape index (κ1) is 16.5. The van der Waals surface area contributed by atoms with Gasteiger partial charge in [-0.25, -0.2) is 8.42 Å². The van der Waals surface area contributed by atoms with Gasteiger partial charge >= 0.3 is 0 Å². The number of rotatable bonds is 8. The van der Waals surface area contributed by atoms with Crippen LogP contribution < -0.4 is 11.1 Å². The third kappa shape index (κ3) is 4.82. The van der Waals surface area contributed by atoms with E-state index in [1.807, 2.05) is 0 Å². The van der Waals surface area contributed by atoms with Crippen molar-refractivity contribution in [1.82, 2.24) is 5.32 Å². The van der Waals surface area contributed by atoms with Crippen LogP contribution in [0.5, 0.6) is 0 Å². The van der Waals surface area contributed by atoms with Crippen LogP contribution in [0, 0.1) is 0 Å². The van der Waals surface area contributed by atoms with E-state index in [-0.39, 0.29) is 16.5 Å². The lowest BCUT2D eigenvalue weighted by atomic mass is 10.2. The monoisotopic (exact) mass is 299 g/mol. The third-order valence-electron chi connectivity index (χ3n) is 2.85. The summed E-state index contributed by atoms with van der Waals surface area (Å²) in [5.74, 6) is -0.0841. The lowest BCUT2D eigenvalue weighted by molar-refractivity contribution is 0.318. The number of sulfone groups is 1. The molecule has 0 unspecified atom stereocenters. The molecule has 0 saturated carbocycles. The van der Waals surface area contributed by atoms with Crippen molar-refractivity contribution in [2.24, 2.45) is 10.9 Å². The zero-order valence-corrected chi connectivity index (χ0v) is 12.4. The molecule has 0 bridgehead atoms. The zero-order chi connectivity index (χ0) is 15.0. The molecule has 6 nitrogen and oxygen atoms in total. The number of benzene rings is 1. The van der Waals surface area contributed by atoms with E-state index in [2.05, 4.69) is 17.4 Å². The Morgan fingerprint density at radius 2 is 2.15 bits per heavy atom. The summed E-state index contributed by atoms with van der Waals surface area (Å²) in [7, 11) is -3.37. The number of amidine groups is 1. The van der Waals surface area contributed by atoms with Crippen LogP contribution >= 0.6 is 0 Å². The van der Waals surface area contributed by atoms with E-state index in [4.69, 9.17) is 10.9 Å². The lowest BCUT2D eigenvalue weighted by Crippen LogP contribution is -2.24. The summed E-state index contributed by atoms with van der Waals surface area (Å²) >= 11 is 0. The highest BCUT2D eigenvalue weighted by Gasteiger charge is 2.15. The first-order valence-corrected chi connectivity index (χ1v) is 8.18. The number of hydrogen-bond donors (Lipinski definition) is 3. The minimum Gasteiger partial charge on any atom is -0.409 e. The van der Waals surface area contributed by atoms with Crippen molar-refractivity contribution >= 4 is 15.7 Å². The SMILES string of the molecule is CCCCNCCS(=O)(=O)c1cccc(/C(N)=N/O)c1. The fourth-order valence-corrected chi connectivity index (χ4v) is 2.90. The van der Waals surface area contributed by atoms with Gasteiger partial charge in [-0.2, -0.15) is 0 Å². The van der Waals surface area contributed by atoms with Gasteiger partial charge in [0.05, 0.1) is 10.6 Å². The van der Waals surface area contributed by atoms with Gasteiger partial charge in [-0.05, 0) is 25.1 Å². The Morgan fingerprint density at radius 3 is 2.80 bits per heavy atom. The van der Waals surface area contributed by atoms with Crippen molar-refractivity contribution in [3.8, 4) is 0 Å². The molecule has 0 spiro atoms. The maximum atomic E-state index is 12.1. The summed E-state index contributed by atoms with van der Waals surface area (Å²) in [4.78, 5) is 0.180. The van der Waals surface area contributed by atoms with Crippen LogP contribution in [0.4, 0.5) is 0 Å². The van der Waals surface area contributed by atoms with Crippen molar-refractivity contribution < 1.29 is 13.6 Å². The van der Waals surface area contributed by atoms with Gasteiger partial charge in [0.25, 0.3) is 0 Å². The second-order valence-electron chi connectivity index (χ2n) is 4.44. The Bertz CT molecular complexity index is 556. The van der Waals surface area contributed by atoms with E-state index in [1.165, 1.54) is 12.1 Å². The molecule has 0 fully saturated rings. The van der Waals surface area contributed by atoms with Crippen LogP contribution in [-0.4, -0.2) is 38.3 Å². The molecule has 112 valence electrons. The van der Waals surface area contributed by atoms with Crippen LogP contribution in [0.3, 0.4) is 0 Å². The minimum atomic E-state index is -3.37. The van der Waals surface area contributed by atoms with E-state index in [9.17, 15) is 8.42 Å². The number of nitrogens with one attached hydrogen (secondary N) is 1. The zero-order valence-electron chi connectivity index (χ0n) is 11.5. The molecule has 7 heteroatoms. The molecule has 0 radical (unpaired) electrons. The van der Waals surface area contributed by atoms with Crippen LogP contribution in [0.25, 0.3) is 0 Å². The smallest absolute Gasteiger partial charge is 0.179 e. The molecule has 1 aromatic carbocycles. The summed E-state index contributed by atoms with van der Waals surface area (Å²) in [6.07, 6.45) is 2.10. The quantitative estimate of drug-likeness (QED) is 0.218. The number of nitrogens with zero attached hydrogens (tertiary/aromatic N) is 1. The molecule has 0 heterocycles. The molecule has 0 aliphatic carbocycles. The summed E-state index contributed by atoms with van der Waals surface area (Å²) in [6, 6.07) is 6.09. The molecular formula is C13H21N3O3S. The van der Waals surface area contributed by atoms with Crippen molar-refractivity contribution in [3.05, 3.63) is 29.8 Å². The molecule has 4 N–H and O–H groups in total. The Kier molecular flexibility index (Phi) is 6.47. The van der Waals surface area contributed by atoms with Gasteiger partial charge in [-0.15, -0.1) is 0 Å². The van der Waals surface area contributed by atoms with Gasteiger partial charge in [-0.3, -0.25) is 0 Å². The molecule has 0 saturated heterocycles. The molecule has 1 rings (SSSR count). The van der Waals surface area contributed by atoms with E-state index >= 15 is 0 Å². The van der Waals surface area contributed by atoms with Gasteiger partial charge in [0.15, 0.2) is 15.7 Å². The Hall–Kier alpha value is -1.60. The highest BCUT2D eigenvalue weighted by Crippen LogP contribution is 2.13. The predicted molar refractivity (Wildman–Crippen MR) is 78.8 cm³/mol. The predicted octanol–water partition coefficient (Wildman–Crippen LogP) is 0.945. The van der Waals surface area contributed by atoms with Crippen LogP contribution in [0.1, 0.15) is 25.3 Å². The average Bonchev–Trinajstić information content (AvgIpc) is 2.46. The Morgan fingerprint density at radius 1 is 1.40 bits per heavy atom. The summed E-state index contributed by atoms with van der Waals surface area (Å²) in [6.45, 7) is 3.31. The largest absolute Gasteiger partial charge is 0.409 e. The summed E-state index contributed by atoms with van der Waals surface area (Å²) in [5, 5.41) is 14.6. The highest BCUT2D eigenvalue weighted by molar-refractivity contribution is 7.91. The maximum Gasteiger partial charge on any atom is 0.179 e. The number of unbranched alkanes of at least 4 members (excludes halogenated alkanes) is 1. The van der Waals surface area contributed by atoms with E-state index in [0.29, 0.717) is 12.1 Å². The van der Waals surface area contributed by atoms with Crippen LogP contribution in [0.15, 0.2) is 34.3 Å². The first-order valence-electron chi connectivity index (χ1n) is 6.52. The first-order chi connectivity index (χ1) is 9.51. The number of hydrogen-bond acceptors (Lipinski definition) is 5. The van der Waals surface area contributed by atoms with Gasteiger partial charge < -0.3 is 16.3 Å². The number of oxime groups is 1. The molecular weight excluding hydrogens is 278 g/mol. The molecule has 0 atom stereocenters. The molecule has 0 aliphatic rings. The third-order valence-corrected chi connectivity index (χ3v) is 4.57. The van der Waals surface area contributed by atoms with E-state index < -0.39 is 9.84 Å². The van der Waals surface area contributed by atoms with Crippen LogP contribution in [0.2, 0.25) is 0 Å². The Balaban J connectivity index is 2.72. The van der Waals surface area contributed by atoms with E-state index in [0.717, 1.165) is 19.4 Å². The topological polar surface area (TPSA) is 105 Å². The van der Waals surface area contributed by atoms with E-state index in [1.54, 1.807) is 12.1 Å². The maximum absolute atomic E-state index is 12.1. The average molecular weight is 299 g/mol. The fraction of sp³-hybridized carbons (Fsp3) is 0.462. The molecule has 20 heavy (non-hydrogen) atoms. The van der Waals surface area contributed by atoms with Crippen molar-refractivity contribution in [3.63, 3.8) is 0 Å². The Labute approximate surface area is 119 Å². The van der Waals surface area contributed by atoms with Gasteiger partial charge in [0, 0.05) is 12.1 Å². The van der Waals surface area contributed by atoms with Gasteiger partial charge in [0.2, 0.25) is 0 Å². The molecule has 0 aromatic heterocycles.